The molecule has 0 fully saturated rings. The standard InChI is InChI=1S/C14H20N4/c1-10-16-13(18-17-10)11-6-5-7-12(8-11)15-9-14(2,3)4/h5-8,15H,9H2,1-4H3,(H,16,17,18). The van der Waals surface area contributed by atoms with Crippen LogP contribution in [0.1, 0.15) is 26.6 Å². The Morgan fingerprint density at radius 3 is 2.67 bits per heavy atom. The van der Waals surface area contributed by atoms with Crippen molar-refractivity contribution in [2.24, 2.45) is 5.41 Å². The Kier molecular flexibility index (Phi) is 3.36. The highest BCUT2D eigenvalue weighted by atomic mass is 15.2. The van der Waals surface area contributed by atoms with Gasteiger partial charge >= 0.3 is 0 Å². The van der Waals surface area contributed by atoms with Gasteiger partial charge in [0.2, 0.25) is 0 Å². The molecule has 0 atom stereocenters. The van der Waals surface area contributed by atoms with Crippen LogP contribution < -0.4 is 5.32 Å². The molecule has 0 bridgehead atoms. The number of H-pyrrole nitrogens is 1. The zero-order valence-corrected chi connectivity index (χ0v) is 11.4. The molecule has 1 heterocycles. The molecule has 0 amide bonds. The van der Waals surface area contributed by atoms with Gasteiger partial charge in [-0.1, -0.05) is 32.9 Å². The number of hydrogen-bond acceptors (Lipinski definition) is 3. The summed E-state index contributed by atoms with van der Waals surface area (Å²) in [5, 5.41) is 10.5. The van der Waals surface area contributed by atoms with Crippen molar-refractivity contribution in [3.8, 4) is 11.4 Å². The minimum Gasteiger partial charge on any atom is -0.385 e. The Hall–Kier alpha value is -1.84. The van der Waals surface area contributed by atoms with E-state index < -0.39 is 0 Å². The molecule has 0 aliphatic carbocycles. The maximum atomic E-state index is 4.34. The summed E-state index contributed by atoms with van der Waals surface area (Å²) in [4.78, 5) is 4.34. The smallest absolute Gasteiger partial charge is 0.181 e. The molecule has 0 saturated carbocycles. The van der Waals surface area contributed by atoms with Crippen molar-refractivity contribution < 1.29 is 0 Å². The van der Waals surface area contributed by atoms with Crippen molar-refractivity contribution in [3.63, 3.8) is 0 Å². The molecule has 0 radical (unpaired) electrons. The molecule has 0 aliphatic heterocycles. The van der Waals surface area contributed by atoms with Crippen LogP contribution in [0.5, 0.6) is 0 Å². The number of aryl methyl sites for hydroxylation is 1. The van der Waals surface area contributed by atoms with E-state index in [1.165, 1.54) is 0 Å². The first-order valence-corrected chi connectivity index (χ1v) is 6.17. The Labute approximate surface area is 108 Å². The fourth-order valence-corrected chi connectivity index (χ4v) is 1.61. The summed E-state index contributed by atoms with van der Waals surface area (Å²) in [5.41, 5.74) is 2.39. The van der Waals surface area contributed by atoms with Gasteiger partial charge in [-0.05, 0) is 24.5 Å². The molecule has 0 unspecified atom stereocenters. The zero-order chi connectivity index (χ0) is 13.2. The summed E-state index contributed by atoms with van der Waals surface area (Å²) in [6.07, 6.45) is 0. The monoisotopic (exact) mass is 244 g/mol. The van der Waals surface area contributed by atoms with E-state index in [2.05, 4.69) is 53.4 Å². The summed E-state index contributed by atoms with van der Waals surface area (Å²) in [6.45, 7) is 9.47. The molecule has 2 N–H and O–H groups in total. The van der Waals surface area contributed by atoms with Crippen LogP contribution in [0.2, 0.25) is 0 Å². The molecular weight excluding hydrogens is 224 g/mol. The first-order valence-electron chi connectivity index (χ1n) is 6.17. The van der Waals surface area contributed by atoms with Crippen LogP contribution in [0.4, 0.5) is 5.69 Å². The Morgan fingerprint density at radius 1 is 1.28 bits per heavy atom. The lowest BCUT2D eigenvalue weighted by atomic mass is 9.97. The van der Waals surface area contributed by atoms with Gasteiger partial charge in [0.1, 0.15) is 5.82 Å². The molecule has 0 aliphatic rings. The summed E-state index contributed by atoms with van der Waals surface area (Å²) in [5.74, 6) is 1.57. The highest BCUT2D eigenvalue weighted by Gasteiger charge is 2.10. The third kappa shape index (κ3) is 3.32. The van der Waals surface area contributed by atoms with Gasteiger partial charge in [0.15, 0.2) is 5.82 Å². The largest absolute Gasteiger partial charge is 0.385 e. The van der Waals surface area contributed by atoms with Crippen LogP contribution in [0.25, 0.3) is 11.4 Å². The molecule has 0 saturated heterocycles. The number of aromatic nitrogens is 3. The first kappa shape index (κ1) is 12.6. The van der Waals surface area contributed by atoms with Crippen LogP contribution >= 0.6 is 0 Å². The van der Waals surface area contributed by atoms with Gasteiger partial charge in [0.25, 0.3) is 0 Å². The number of nitrogens with one attached hydrogen (secondary N) is 2. The van der Waals surface area contributed by atoms with E-state index in [1.54, 1.807) is 0 Å². The molecule has 0 spiro atoms. The summed E-state index contributed by atoms with van der Waals surface area (Å²) >= 11 is 0. The van der Waals surface area contributed by atoms with E-state index in [4.69, 9.17) is 0 Å². The van der Waals surface area contributed by atoms with Crippen LogP contribution in [0, 0.1) is 12.3 Å². The van der Waals surface area contributed by atoms with Crippen LogP contribution in [-0.2, 0) is 0 Å². The first-order chi connectivity index (χ1) is 8.44. The van der Waals surface area contributed by atoms with E-state index in [0.29, 0.717) is 0 Å². The fraction of sp³-hybridized carbons (Fsp3) is 0.429. The highest BCUT2D eigenvalue weighted by Crippen LogP contribution is 2.21. The molecule has 96 valence electrons. The average molecular weight is 244 g/mol. The van der Waals surface area contributed by atoms with Crippen molar-refractivity contribution in [2.75, 3.05) is 11.9 Å². The SMILES string of the molecule is Cc1nc(-c2cccc(NCC(C)(C)C)c2)n[nH]1. The normalized spacial score (nSPS) is 11.6. The van der Waals surface area contributed by atoms with Gasteiger partial charge in [-0.25, -0.2) is 4.98 Å². The fourth-order valence-electron chi connectivity index (χ4n) is 1.61. The van der Waals surface area contributed by atoms with Crippen molar-refractivity contribution in [3.05, 3.63) is 30.1 Å². The van der Waals surface area contributed by atoms with Crippen molar-refractivity contribution in [2.45, 2.75) is 27.7 Å². The number of nitrogens with zero attached hydrogens (tertiary/aromatic N) is 2. The summed E-state index contributed by atoms with van der Waals surface area (Å²) < 4.78 is 0. The number of aromatic amines is 1. The number of hydrogen-bond donors (Lipinski definition) is 2. The van der Waals surface area contributed by atoms with Gasteiger partial charge in [-0.15, -0.1) is 0 Å². The number of anilines is 1. The van der Waals surface area contributed by atoms with Gasteiger partial charge in [-0.3, -0.25) is 5.10 Å². The second kappa shape index (κ2) is 4.80. The van der Waals surface area contributed by atoms with E-state index in [-0.39, 0.29) is 5.41 Å². The maximum Gasteiger partial charge on any atom is 0.181 e. The zero-order valence-electron chi connectivity index (χ0n) is 11.4. The van der Waals surface area contributed by atoms with E-state index >= 15 is 0 Å². The van der Waals surface area contributed by atoms with Gasteiger partial charge in [0.05, 0.1) is 0 Å². The topological polar surface area (TPSA) is 53.6 Å². The van der Waals surface area contributed by atoms with Crippen LogP contribution in [0.3, 0.4) is 0 Å². The maximum absolute atomic E-state index is 4.34. The van der Waals surface area contributed by atoms with Crippen molar-refractivity contribution >= 4 is 5.69 Å². The molecule has 4 heteroatoms. The third-order valence-electron chi connectivity index (χ3n) is 2.54. The molecule has 1 aromatic heterocycles. The minimum absolute atomic E-state index is 0.261. The molecule has 4 nitrogen and oxygen atoms in total. The lowest BCUT2D eigenvalue weighted by molar-refractivity contribution is 0.443. The van der Waals surface area contributed by atoms with Crippen LogP contribution in [-0.4, -0.2) is 21.7 Å². The second-order valence-corrected chi connectivity index (χ2v) is 5.74. The Balaban J connectivity index is 2.15. The average Bonchev–Trinajstić information content (AvgIpc) is 2.73. The second-order valence-electron chi connectivity index (χ2n) is 5.74. The van der Waals surface area contributed by atoms with E-state index in [9.17, 15) is 0 Å². The molecule has 2 aromatic rings. The van der Waals surface area contributed by atoms with Crippen molar-refractivity contribution in [1.82, 2.24) is 15.2 Å². The summed E-state index contributed by atoms with van der Waals surface area (Å²) in [6, 6.07) is 8.18. The molecule has 2 rings (SSSR count). The highest BCUT2D eigenvalue weighted by molar-refractivity contribution is 5.62. The van der Waals surface area contributed by atoms with Crippen LogP contribution in [0.15, 0.2) is 24.3 Å². The Bertz CT molecular complexity index is 523. The lowest BCUT2D eigenvalue weighted by Gasteiger charge is -2.19. The molecule has 18 heavy (non-hydrogen) atoms. The predicted molar refractivity (Wildman–Crippen MR) is 74.5 cm³/mol. The molecule has 1 aromatic carbocycles. The Morgan fingerprint density at radius 2 is 2.06 bits per heavy atom. The van der Waals surface area contributed by atoms with E-state index in [1.807, 2.05) is 19.1 Å². The van der Waals surface area contributed by atoms with Gasteiger partial charge in [-0.2, -0.15) is 5.10 Å². The quantitative estimate of drug-likeness (QED) is 0.871. The van der Waals surface area contributed by atoms with E-state index in [0.717, 1.165) is 29.4 Å². The van der Waals surface area contributed by atoms with Crippen molar-refractivity contribution in [1.29, 1.82) is 0 Å². The number of benzene rings is 1. The summed E-state index contributed by atoms with van der Waals surface area (Å²) in [7, 11) is 0. The molecular formula is C14H20N4. The minimum atomic E-state index is 0.261. The lowest BCUT2D eigenvalue weighted by Crippen LogP contribution is -2.18. The number of rotatable bonds is 3. The van der Waals surface area contributed by atoms with Gasteiger partial charge < -0.3 is 5.32 Å². The predicted octanol–water partition coefficient (Wildman–Crippen LogP) is 3.24. The van der Waals surface area contributed by atoms with Gasteiger partial charge in [0, 0.05) is 17.8 Å². The third-order valence-corrected chi connectivity index (χ3v) is 2.54.